The van der Waals surface area contributed by atoms with Crippen LogP contribution in [0.1, 0.15) is 35.8 Å². The molecule has 2 aromatic carbocycles. The molecule has 21 heavy (non-hydrogen) atoms. The van der Waals surface area contributed by atoms with Crippen LogP contribution in [0.5, 0.6) is 5.75 Å². The summed E-state index contributed by atoms with van der Waals surface area (Å²) in [6.45, 7) is 4.63. The fourth-order valence-corrected chi connectivity index (χ4v) is 2.31. The molecule has 0 aliphatic rings. The highest BCUT2D eigenvalue weighted by Crippen LogP contribution is 2.20. The first-order chi connectivity index (χ1) is 10.1. The lowest BCUT2D eigenvalue weighted by molar-refractivity contribution is 0.170. The second-order valence-electron chi connectivity index (χ2n) is 5.34. The molecule has 0 bridgehead atoms. The Balaban J connectivity index is 1.95. The van der Waals surface area contributed by atoms with E-state index in [1.165, 1.54) is 0 Å². The normalized spacial score (nSPS) is 13.7. The number of methoxy groups -OCH3 is 1. The van der Waals surface area contributed by atoms with Gasteiger partial charge >= 0.3 is 0 Å². The summed E-state index contributed by atoms with van der Waals surface area (Å²) < 4.78 is 5.24. The quantitative estimate of drug-likeness (QED) is 0.855. The van der Waals surface area contributed by atoms with Gasteiger partial charge in [-0.1, -0.05) is 42.0 Å². The monoisotopic (exact) mass is 285 g/mol. The van der Waals surface area contributed by atoms with Crippen molar-refractivity contribution in [2.45, 2.75) is 26.0 Å². The zero-order valence-corrected chi connectivity index (χ0v) is 12.8. The van der Waals surface area contributed by atoms with Gasteiger partial charge in [-0.2, -0.15) is 0 Å². The molecule has 3 heteroatoms. The predicted molar refractivity (Wildman–Crippen MR) is 85.6 cm³/mol. The minimum Gasteiger partial charge on any atom is -0.497 e. The van der Waals surface area contributed by atoms with Crippen LogP contribution in [0.3, 0.4) is 0 Å². The van der Waals surface area contributed by atoms with Crippen LogP contribution in [-0.4, -0.2) is 18.8 Å². The van der Waals surface area contributed by atoms with Crippen molar-refractivity contribution in [3.8, 4) is 5.75 Å². The molecule has 0 radical (unpaired) electrons. The molecule has 0 aliphatic heterocycles. The fourth-order valence-electron chi connectivity index (χ4n) is 2.31. The molecule has 0 saturated carbocycles. The lowest BCUT2D eigenvalue weighted by Gasteiger charge is -2.18. The van der Waals surface area contributed by atoms with Crippen LogP contribution in [0.15, 0.2) is 48.5 Å². The Bertz CT molecular complexity index is 583. The van der Waals surface area contributed by atoms with E-state index in [0.717, 1.165) is 22.4 Å². The lowest BCUT2D eigenvalue weighted by Crippen LogP contribution is -2.24. The van der Waals surface area contributed by atoms with Gasteiger partial charge in [0, 0.05) is 12.6 Å². The Hall–Kier alpha value is -1.84. The van der Waals surface area contributed by atoms with Crippen molar-refractivity contribution < 1.29 is 9.84 Å². The first-order valence-corrected chi connectivity index (χ1v) is 7.22. The van der Waals surface area contributed by atoms with E-state index in [0.29, 0.717) is 6.54 Å². The maximum Gasteiger partial charge on any atom is 0.119 e. The number of aliphatic hydroxyl groups is 1. The van der Waals surface area contributed by atoms with E-state index in [2.05, 4.69) is 18.3 Å². The summed E-state index contributed by atoms with van der Waals surface area (Å²) in [6.07, 6.45) is -0.502. The second kappa shape index (κ2) is 7.25. The maximum absolute atomic E-state index is 10.3. The minimum absolute atomic E-state index is 0.152. The molecule has 112 valence electrons. The third-order valence-electron chi connectivity index (χ3n) is 3.64. The Morgan fingerprint density at radius 2 is 1.81 bits per heavy atom. The summed E-state index contributed by atoms with van der Waals surface area (Å²) >= 11 is 0. The average Bonchev–Trinajstić information content (AvgIpc) is 2.52. The average molecular weight is 285 g/mol. The van der Waals surface area contributed by atoms with Crippen molar-refractivity contribution in [3.05, 3.63) is 65.2 Å². The van der Waals surface area contributed by atoms with Gasteiger partial charge in [0.2, 0.25) is 0 Å². The third-order valence-corrected chi connectivity index (χ3v) is 3.64. The summed E-state index contributed by atoms with van der Waals surface area (Å²) in [4.78, 5) is 0. The minimum atomic E-state index is -0.502. The van der Waals surface area contributed by atoms with Crippen molar-refractivity contribution in [1.29, 1.82) is 0 Å². The number of nitrogens with one attached hydrogen (secondary N) is 1. The molecule has 0 aromatic heterocycles. The smallest absolute Gasteiger partial charge is 0.119 e. The topological polar surface area (TPSA) is 41.5 Å². The number of benzene rings is 2. The van der Waals surface area contributed by atoms with E-state index in [-0.39, 0.29) is 6.04 Å². The molecular formula is C18H23NO2. The molecule has 0 saturated heterocycles. The van der Waals surface area contributed by atoms with Gasteiger partial charge in [0.15, 0.2) is 0 Å². The molecule has 0 amide bonds. The molecule has 0 heterocycles. The summed E-state index contributed by atoms with van der Waals surface area (Å²) in [6, 6.07) is 16.1. The maximum atomic E-state index is 10.3. The van der Waals surface area contributed by atoms with Crippen LogP contribution in [0.4, 0.5) is 0 Å². The number of hydrogen-bond acceptors (Lipinski definition) is 3. The molecular weight excluding hydrogens is 262 g/mol. The van der Waals surface area contributed by atoms with Gasteiger partial charge in [-0.3, -0.25) is 0 Å². The molecule has 2 rings (SSSR count). The first-order valence-electron chi connectivity index (χ1n) is 7.22. The Kier molecular flexibility index (Phi) is 5.37. The Morgan fingerprint density at radius 1 is 1.10 bits per heavy atom. The molecule has 2 unspecified atom stereocenters. The van der Waals surface area contributed by atoms with E-state index in [4.69, 9.17) is 4.74 Å². The van der Waals surface area contributed by atoms with Gasteiger partial charge in [-0.15, -0.1) is 0 Å². The second-order valence-corrected chi connectivity index (χ2v) is 5.34. The van der Waals surface area contributed by atoms with Gasteiger partial charge in [0.05, 0.1) is 13.2 Å². The molecule has 2 N–H and O–H groups in total. The predicted octanol–water partition coefficient (Wildman–Crippen LogP) is 3.39. The number of ether oxygens (including phenoxy) is 1. The number of aryl methyl sites for hydroxylation is 1. The van der Waals surface area contributed by atoms with Gasteiger partial charge in [-0.25, -0.2) is 0 Å². The Labute approximate surface area is 126 Å². The summed E-state index contributed by atoms with van der Waals surface area (Å²) in [5, 5.41) is 13.6. The van der Waals surface area contributed by atoms with Crippen LogP contribution >= 0.6 is 0 Å². The van der Waals surface area contributed by atoms with Gasteiger partial charge in [-0.05, 0) is 37.1 Å². The zero-order chi connectivity index (χ0) is 15.2. The summed E-state index contributed by atoms with van der Waals surface area (Å²) in [5.41, 5.74) is 3.25. The highest BCUT2D eigenvalue weighted by atomic mass is 16.5. The SMILES string of the molecule is COc1cccc(C(C)NCC(O)c2cccc(C)c2)c1. The third kappa shape index (κ3) is 4.31. The fraction of sp³-hybridized carbons (Fsp3) is 0.333. The van der Waals surface area contributed by atoms with Crippen LogP contribution < -0.4 is 10.1 Å². The van der Waals surface area contributed by atoms with Crippen molar-refractivity contribution in [3.63, 3.8) is 0 Å². The van der Waals surface area contributed by atoms with Gasteiger partial charge in [0.25, 0.3) is 0 Å². The zero-order valence-electron chi connectivity index (χ0n) is 12.8. The van der Waals surface area contributed by atoms with Crippen LogP contribution in [0, 0.1) is 6.92 Å². The Morgan fingerprint density at radius 3 is 2.52 bits per heavy atom. The van der Waals surface area contributed by atoms with Crippen molar-refractivity contribution in [1.82, 2.24) is 5.32 Å². The van der Waals surface area contributed by atoms with E-state index < -0.39 is 6.10 Å². The molecule has 0 spiro atoms. The van der Waals surface area contributed by atoms with Crippen LogP contribution in [0.2, 0.25) is 0 Å². The van der Waals surface area contributed by atoms with E-state index in [9.17, 15) is 5.11 Å². The van der Waals surface area contributed by atoms with E-state index >= 15 is 0 Å². The standard InChI is InChI=1S/C18H23NO2/c1-13-6-4-8-16(10-13)18(20)12-19-14(2)15-7-5-9-17(11-15)21-3/h4-11,14,18-20H,12H2,1-3H3. The summed E-state index contributed by atoms with van der Waals surface area (Å²) in [7, 11) is 1.67. The van der Waals surface area contributed by atoms with Crippen molar-refractivity contribution in [2.24, 2.45) is 0 Å². The van der Waals surface area contributed by atoms with Crippen LogP contribution in [-0.2, 0) is 0 Å². The largest absolute Gasteiger partial charge is 0.497 e. The molecule has 2 atom stereocenters. The molecule has 0 aliphatic carbocycles. The number of hydrogen-bond donors (Lipinski definition) is 2. The summed E-state index contributed by atoms with van der Waals surface area (Å²) in [5.74, 6) is 0.848. The van der Waals surface area contributed by atoms with Crippen LogP contribution in [0.25, 0.3) is 0 Å². The highest BCUT2D eigenvalue weighted by Gasteiger charge is 2.11. The van der Waals surface area contributed by atoms with E-state index in [1.54, 1.807) is 7.11 Å². The van der Waals surface area contributed by atoms with Gasteiger partial charge in [0.1, 0.15) is 5.75 Å². The van der Waals surface area contributed by atoms with Crippen molar-refractivity contribution >= 4 is 0 Å². The highest BCUT2D eigenvalue weighted by molar-refractivity contribution is 5.30. The van der Waals surface area contributed by atoms with Crippen molar-refractivity contribution in [2.75, 3.05) is 13.7 Å². The number of rotatable bonds is 6. The van der Waals surface area contributed by atoms with E-state index in [1.807, 2.05) is 49.4 Å². The molecule has 2 aromatic rings. The first kappa shape index (κ1) is 15.5. The number of aliphatic hydroxyl groups excluding tert-OH is 1. The lowest BCUT2D eigenvalue weighted by atomic mass is 10.0. The molecule has 3 nitrogen and oxygen atoms in total. The van der Waals surface area contributed by atoms with Gasteiger partial charge < -0.3 is 15.2 Å². The molecule has 0 fully saturated rings.